The van der Waals surface area contributed by atoms with Crippen molar-refractivity contribution in [2.75, 3.05) is 13.1 Å². The molecular formula is C26H33N3O5S. The number of carbonyl (C=O) groups excluding carboxylic acids is 3. The van der Waals surface area contributed by atoms with Crippen LogP contribution in [-0.2, 0) is 26.2 Å². The van der Waals surface area contributed by atoms with Crippen LogP contribution in [0, 0.1) is 6.92 Å². The van der Waals surface area contributed by atoms with Gasteiger partial charge in [-0.1, -0.05) is 62.2 Å². The molecule has 0 bridgehead atoms. The summed E-state index contributed by atoms with van der Waals surface area (Å²) in [5, 5.41) is 2.90. The number of benzene rings is 2. The van der Waals surface area contributed by atoms with Crippen LogP contribution < -0.4 is 5.32 Å². The lowest BCUT2D eigenvalue weighted by Gasteiger charge is -2.31. The summed E-state index contributed by atoms with van der Waals surface area (Å²) in [6.45, 7) is 6.27. The van der Waals surface area contributed by atoms with Gasteiger partial charge in [-0.2, -0.15) is 0 Å². The topological polar surface area (TPSA) is 104 Å². The van der Waals surface area contributed by atoms with Gasteiger partial charge in [0, 0.05) is 26.1 Å². The Bertz CT molecular complexity index is 1190. The lowest BCUT2D eigenvalue weighted by Crippen LogP contribution is -2.49. The van der Waals surface area contributed by atoms with Gasteiger partial charge in [-0.05, 0) is 37.5 Å². The molecule has 0 unspecified atom stereocenters. The molecule has 0 radical (unpaired) electrons. The molecular weight excluding hydrogens is 466 g/mol. The van der Waals surface area contributed by atoms with Crippen LogP contribution in [0.4, 0.5) is 0 Å². The third-order valence-electron chi connectivity index (χ3n) is 6.09. The maximum Gasteiger partial charge on any atom is 0.269 e. The molecule has 0 saturated heterocycles. The molecule has 0 saturated carbocycles. The molecule has 2 aromatic carbocycles. The Labute approximate surface area is 207 Å². The summed E-state index contributed by atoms with van der Waals surface area (Å²) in [5.74, 6) is -1.26. The molecule has 2 aromatic rings. The SMILES string of the molecule is CCCCNC(=O)[C@@H](CC)N(Cc1cccc(C)c1)C(=O)CCN1C(=O)c2ccccc2S1(=O)=O. The standard InChI is InChI=1S/C26H33N3O5S/c1-4-6-15-27-25(31)22(5-2)28(18-20-11-9-10-19(3)17-20)24(30)14-16-29-26(32)21-12-7-8-13-23(21)35(29,33)34/h7-13,17,22H,4-6,14-16,18H2,1-3H3,(H,27,31)/t22-/m1/s1. The highest BCUT2D eigenvalue weighted by atomic mass is 32.2. The number of hydrogen-bond acceptors (Lipinski definition) is 5. The number of fused-ring (bicyclic) bond motifs is 1. The maximum atomic E-state index is 13.4. The second-order valence-corrected chi connectivity index (χ2v) is 10.5. The van der Waals surface area contributed by atoms with Gasteiger partial charge in [0.25, 0.3) is 15.9 Å². The zero-order valence-corrected chi connectivity index (χ0v) is 21.3. The molecule has 1 aliphatic heterocycles. The average Bonchev–Trinajstić information content (AvgIpc) is 3.02. The zero-order valence-electron chi connectivity index (χ0n) is 20.5. The smallest absolute Gasteiger partial charge is 0.269 e. The van der Waals surface area contributed by atoms with Crippen LogP contribution in [0.25, 0.3) is 0 Å². The number of nitrogens with one attached hydrogen (secondary N) is 1. The van der Waals surface area contributed by atoms with E-state index in [-0.39, 0.29) is 41.8 Å². The van der Waals surface area contributed by atoms with E-state index in [2.05, 4.69) is 5.32 Å². The first kappa shape index (κ1) is 26.4. The summed E-state index contributed by atoms with van der Waals surface area (Å²) in [6, 6.07) is 13.0. The summed E-state index contributed by atoms with van der Waals surface area (Å²) in [7, 11) is -4.00. The molecule has 188 valence electrons. The van der Waals surface area contributed by atoms with Crippen molar-refractivity contribution in [3.05, 3.63) is 65.2 Å². The van der Waals surface area contributed by atoms with Crippen molar-refractivity contribution in [3.63, 3.8) is 0 Å². The van der Waals surface area contributed by atoms with Crippen LogP contribution in [-0.4, -0.2) is 54.5 Å². The molecule has 35 heavy (non-hydrogen) atoms. The maximum absolute atomic E-state index is 13.4. The number of nitrogens with zero attached hydrogens (tertiary/aromatic N) is 2. The minimum absolute atomic E-state index is 0.0456. The van der Waals surface area contributed by atoms with E-state index in [1.54, 1.807) is 12.1 Å². The number of sulfonamides is 1. The predicted octanol–water partition coefficient (Wildman–Crippen LogP) is 3.25. The number of carbonyl (C=O) groups is 3. The Morgan fingerprint density at radius 2 is 1.83 bits per heavy atom. The van der Waals surface area contributed by atoms with Crippen molar-refractivity contribution >= 4 is 27.7 Å². The molecule has 1 N–H and O–H groups in total. The summed E-state index contributed by atoms with van der Waals surface area (Å²) in [5.41, 5.74) is 2.01. The van der Waals surface area contributed by atoms with E-state index < -0.39 is 22.0 Å². The number of aryl methyl sites for hydroxylation is 1. The molecule has 9 heteroatoms. The molecule has 0 aliphatic carbocycles. The third-order valence-corrected chi connectivity index (χ3v) is 7.93. The van der Waals surface area contributed by atoms with Gasteiger partial charge < -0.3 is 10.2 Å². The summed E-state index contributed by atoms with van der Waals surface area (Å²) in [4.78, 5) is 40.6. The Morgan fingerprint density at radius 3 is 2.49 bits per heavy atom. The Balaban J connectivity index is 1.81. The van der Waals surface area contributed by atoms with Crippen LogP contribution in [0.5, 0.6) is 0 Å². The summed E-state index contributed by atoms with van der Waals surface area (Å²) < 4.78 is 26.5. The van der Waals surface area contributed by atoms with Crippen LogP contribution >= 0.6 is 0 Å². The van der Waals surface area contributed by atoms with Crippen molar-refractivity contribution in [1.29, 1.82) is 0 Å². The average molecular weight is 500 g/mol. The van der Waals surface area contributed by atoms with Crippen LogP contribution in [0.3, 0.4) is 0 Å². The molecule has 0 fully saturated rings. The van der Waals surface area contributed by atoms with Gasteiger partial charge in [-0.15, -0.1) is 0 Å². The van der Waals surface area contributed by atoms with Gasteiger partial charge in [0.15, 0.2) is 0 Å². The van der Waals surface area contributed by atoms with Crippen molar-refractivity contribution < 1.29 is 22.8 Å². The van der Waals surface area contributed by atoms with Crippen LogP contribution in [0.1, 0.15) is 61.0 Å². The van der Waals surface area contributed by atoms with Gasteiger partial charge in [0.2, 0.25) is 11.8 Å². The third kappa shape index (κ3) is 5.90. The first-order valence-corrected chi connectivity index (χ1v) is 13.4. The first-order chi connectivity index (χ1) is 16.7. The molecule has 0 aromatic heterocycles. The van der Waals surface area contributed by atoms with Crippen molar-refractivity contribution in [3.8, 4) is 0 Å². The highest BCUT2D eigenvalue weighted by Crippen LogP contribution is 2.30. The second-order valence-electron chi connectivity index (χ2n) is 8.71. The van der Waals surface area contributed by atoms with Gasteiger partial charge >= 0.3 is 0 Å². The van der Waals surface area contributed by atoms with E-state index in [4.69, 9.17) is 0 Å². The lowest BCUT2D eigenvalue weighted by molar-refractivity contribution is -0.141. The van der Waals surface area contributed by atoms with E-state index >= 15 is 0 Å². The molecule has 8 nitrogen and oxygen atoms in total. The minimum atomic E-state index is -4.00. The highest BCUT2D eigenvalue weighted by molar-refractivity contribution is 7.90. The molecule has 1 atom stereocenters. The monoisotopic (exact) mass is 499 g/mol. The minimum Gasteiger partial charge on any atom is -0.354 e. The van der Waals surface area contributed by atoms with Gasteiger partial charge in [-0.3, -0.25) is 14.4 Å². The Kier molecular flexibility index (Phi) is 8.67. The highest BCUT2D eigenvalue weighted by Gasteiger charge is 2.41. The molecule has 0 spiro atoms. The summed E-state index contributed by atoms with van der Waals surface area (Å²) >= 11 is 0. The molecule has 1 heterocycles. The lowest BCUT2D eigenvalue weighted by atomic mass is 10.1. The molecule has 3 rings (SSSR count). The normalized spacial score (nSPS) is 14.9. The molecule has 1 aliphatic rings. The van der Waals surface area contributed by atoms with Crippen molar-refractivity contribution in [1.82, 2.24) is 14.5 Å². The largest absolute Gasteiger partial charge is 0.354 e. The fourth-order valence-corrected chi connectivity index (χ4v) is 5.80. The Hall–Kier alpha value is -3.20. The van der Waals surface area contributed by atoms with Crippen molar-refractivity contribution in [2.24, 2.45) is 0 Å². The van der Waals surface area contributed by atoms with E-state index in [0.717, 1.165) is 28.3 Å². The van der Waals surface area contributed by atoms with E-state index in [9.17, 15) is 22.8 Å². The number of amides is 3. The van der Waals surface area contributed by atoms with Crippen molar-refractivity contribution in [2.45, 2.75) is 63.9 Å². The summed E-state index contributed by atoms with van der Waals surface area (Å²) in [6.07, 6.45) is 1.96. The second kappa shape index (κ2) is 11.5. The fraction of sp³-hybridized carbons (Fsp3) is 0.423. The zero-order chi connectivity index (χ0) is 25.6. The number of rotatable bonds is 11. The van der Waals surface area contributed by atoms with E-state index in [1.165, 1.54) is 17.0 Å². The Morgan fingerprint density at radius 1 is 1.09 bits per heavy atom. The van der Waals surface area contributed by atoms with Crippen LogP contribution in [0.15, 0.2) is 53.4 Å². The van der Waals surface area contributed by atoms with Gasteiger partial charge in [0.1, 0.15) is 10.9 Å². The quantitative estimate of drug-likeness (QED) is 0.478. The van der Waals surface area contributed by atoms with E-state index in [1.807, 2.05) is 45.0 Å². The van der Waals surface area contributed by atoms with E-state index in [0.29, 0.717) is 13.0 Å². The fourth-order valence-electron chi connectivity index (χ4n) is 4.23. The predicted molar refractivity (Wildman–Crippen MR) is 133 cm³/mol. The number of hydrogen-bond donors (Lipinski definition) is 1. The molecule has 3 amide bonds. The van der Waals surface area contributed by atoms with Gasteiger partial charge in [0.05, 0.1) is 5.56 Å². The van der Waals surface area contributed by atoms with Crippen LogP contribution in [0.2, 0.25) is 0 Å². The number of unbranched alkanes of at least 4 members (excludes halogenated alkanes) is 1. The first-order valence-electron chi connectivity index (χ1n) is 12.0. The van der Waals surface area contributed by atoms with Gasteiger partial charge in [-0.25, -0.2) is 12.7 Å².